The zero-order valence-electron chi connectivity index (χ0n) is 15.4. The topological polar surface area (TPSA) is 79.7 Å². The van der Waals surface area contributed by atoms with Crippen LogP contribution in [0.15, 0.2) is 48.7 Å². The highest BCUT2D eigenvalue weighted by molar-refractivity contribution is 5.97. The van der Waals surface area contributed by atoms with E-state index in [1.54, 1.807) is 19.2 Å². The number of likely N-dealkylation sites (N-methyl/N-ethyl adjacent to an activating group) is 1. The number of carbonyl (C=O) groups excluding carboxylic acids is 1. The fourth-order valence-electron chi connectivity index (χ4n) is 3.54. The maximum absolute atomic E-state index is 12.8. The molecule has 0 spiro atoms. The standard InChI is InChI=1S/C21H24N2O4/c1-23(21(20(25)26)12-6-3-7-13-21)19(24)17-10-11-18(22-14-17)27-15-16-8-4-2-5-9-16/h2,4-5,8-11,14H,3,6-7,12-13,15H2,1H3,(H,25,26). The summed E-state index contributed by atoms with van der Waals surface area (Å²) in [6.07, 6.45) is 5.04. The smallest absolute Gasteiger partial charge is 0.329 e. The number of hydrogen-bond donors (Lipinski definition) is 1. The third-order valence-corrected chi connectivity index (χ3v) is 5.24. The van der Waals surface area contributed by atoms with E-state index in [4.69, 9.17) is 4.74 Å². The van der Waals surface area contributed by atoms with E-state index in [1.807, 2.05) is 30.3 Å². The Morgan fingerprint density at radius 1 is 1.11 bits per heavy atom. The average molecular weight is 368 g/mol. The van der Waals surface area contributed by atoms with E-state index >= 15 is 0 Å². The van der Waals surface area contributed by atoms with Gasteiger partial charge in [-0.3, -0.25) is 4.79 Å². The SMILES string of the molecule is CN(C(=O)c1ccc(OCc2ccccc2)nc1)C1(C(=O)O)CCCCC1. The van der Waals surface area contributed by atoms with Gasteiger partial charge in [0.05, 0.1) is 5.56 Å². The van der Waals surface area contributed by atoms with Crippen molar-refractivity contribution in [1.82, 2.24) is 9.88 Å². The van der Waals surface area contributed by atoms with Crippen molar-refractivity contribution in [3.8, 4) is 5.88 Å². The van der Waals surface area contributed by atoms with Crippen molar-refractivity contribution in [2.75, 3.05) is 7.05 Å². The number of amides is 1. The maximum atomic E-state index is 12.8. The van der Waals surface area contributed by atoms with Gasteiger partial charge in [-0.1, -0.05) is 49.6 Å². The molecule has 6 heteroatoms. The van der Waals surface area contributed by atoms with E-state index in [0.717, 1.165) is 24.8 Å². The molecule has 0 saturated heterocycles. The minimum atomic E-state index is -1.13. The lowest BCUT2D eigenvalue weighted by Crippen LogP contribution is -2.56. The van der Waals surface area contributed by atoms with Crippen molar-refractivity contribution in [3.05, 3.63) is 59.8 Å². The minimum Gasteiger partial charge on any atom is -0.479 e. The van der Waals surface area contributed by atoms with E-state index in [-0.39, 0.29) is 5.91 Å². The van der Waals surface area contributed by atoms with Gasteiger partial charge in [0.15, 0.2) is 0 Å². The highest BCUT2D eigenvalue weighted by Gasteiger charge is 2.45. The first kappa shape index (κ1) is 18.9. The van der Waals surface area contributed by atoms with Crippen molar-refractivity contribution in [3.63, 3.8) is 0 Å². The molecule has 27 heavy (non-hydrogen) atoms. The van der Waals surface area contributed by atoms with E-state index in [9.17, 15) is 14.7 Å². The van der Waals surface area contributed by atoms with Crippen LogP contribution in [0, 0.1) is 0 Å². The minimum absolute atomic E-state index is 0.332. The summed E-state index contributed by atoms with van der Waals surface area (Å²) in [7, 11) is 1.57. The summed E-state index contributed by atoms with van der Waals surface area (Å²) >= 11 is 0. The number of pyridine rings is 1. The quantitative estimate of drug-likeness (QED) is 0.844. The van der Waals surface area contributed by atoms with Gasteiger partial charge in [-0.15, -0.1) is 0 Å². The fraction of sp³-hybridized carbons (Fsp3) is 0.381. The van der Waals surface area contributed by atoms with Gasteiger partial charge in [0.1, 0.15) is 12.1 Å². The molecule has 2 aromatic rings. The Labute approximate surface area is 158 Å². The van der Waals surface area contributed by atoms with Gasteiger partial charge < -0.3 is 14.7 Å². The van der Waals surface area contributed by atoms with E-state index < -0.39 is 11.5 Å². The number of hydrogen-bond acceptors (Lipinski definition) is 4. The molecule has 1 aliphatic carbocycles. The molecule has 1 aliphatic rings. The first-order chi connectivity index (χ1) is 13.0. The summed E-state index contributed by atoms with van der Waals surface area (Å²) in [6, 6.07) is 13.0. The molecular weight excluding hydrogens is 344 g/mol. The van der Waals surface area contributed by atoms with Gasteiger partial charge in [0, 0.05) is 19.3 Å². The largest absolute Gasteiger partial charge is 0.479 e. The molecule has 0 bridgehead atoms. The van der Waals surface area contributed by atoms with Crippen LogP contribution in [0.2, 0.25) is 0 Å². The zero-order chi connectivity index (χ0) is 19.3. The number of carboxylic acid groups (broad SMARTS) is 1. The number of aliphatic carboxylic acids is 1. The number of benzene rings is 1. The van der Waals surface area contributed by atoms with Crippen LogP contribution in [-0.2, 0) is 11.4 Å². The van der Waals surface area contributed by atoms with Crippen LogP contribution < -0.4 is 4.74 Å². The van der Waals surface area contributed by atoms with Gasteiger partial charge in [-0.2, -0.15) is 0 Å². The van der Waals surface area contributed by atoms with E-state index in [2.05, 4.69) is 4.98 Å². The highest BCUT2D eigenvalue weighted by Crippen LogP contribution is 2.34. The third kappa shape index (κ3) is 4.10. The molecule has 1 heterocycles. The predicted molar refractivity (Wildman–Crippen MR) is 101 cm³/mol. The molecule has 142 valence electrons. The highest BCUT2D eigenvalue weighted by atomic mass is 16.5. The van der Waals surface area contributed by atoms with Crippen molar-refractivity contribution < 1.29 is 19.4 Å². The fourth-order valence-corrected chi connectivity index (χ4v) is 3.54. The number of nitrogens with zero attached hydrogens (tertiary/aromatic N) is 2. The first-order valence-corrected chi connectivity index (χ1v) is 9.17. The van der Waals surface area contributed by atoms with Crippen molar-refractivity contribution in [2.24, 2.45) is 0 Å². The van der Waals surface area contributed by atoms with Crippen molar-refractivity contribution >= 4 is 11.9 Å². The number of ether oxygens (including phenoxy) is 1. The van der Waals surface area contributed by atoms with Crippen LogP contribution in [0.5, 0.6) is 5.88 Å². The molecule has 0 radical (unpaired) electrons. The van der Waals surface area contributed by atoms with Crippen LogP contribution in [0.25, 0.3) is 0 Å². The molecule has 0 atom stereocenters. The van der Waals surface area contributed by atoms with Crippen LogP contribution in [-0.4, -0.2) is 39.5 Å². The Kier molecular flexibility index (Phi) is 5.74. The molecule has 1 aromatic heterocycles. The summed E-state index contributed by atoms with van der Waals surface area (Å²) in [6.45, 7) is 0.392. The number of rotatable bonds is 6. The summed E-state index contributed by atoms with van der Waals surface area (Å²) in [5, 5.41) is 9.75. The van der Waals surface area contributed by atoms with Crippen LogP contribution >= 0.6 is 0 Å². The Morgan fingerprint density at radius 3 is 2.41 bits per heavy atom. The molecular formula is C21H24N2O4. The summed E-state index contributed by atoms with van der Waals surface area (Å²) in [5.74, 6) is -0.848. The van der Waals surface area contributed by atoms with Gasteiger partial charge in [0.2, 0.25) is 5.88 Å². The molecule has 1 aromatic carbocycles. The number of carbonyl (C=O) groups is 2. The van der Waals surface area contributed by atoms with Gasteiger partial charge in [-0.25, -0.2) is 9.78 Å². The molecule has 1 saturated carbocycles. The van der Waals surface area contributed by atoms with E-state index in [0.29, 0.717) is 30.9 Å². The molecule has 1 amide bonds. The molecule has 6 nitrogen and oxygen atoms in total. The van der Waals surface area contributed by atoms with Gasteiger partial charge in [-0.05, 0) is 24.5 Å². The predicted octanol–water partition coefficient (Wildman–Crippen LogP) is 3.52. The Balaban J connectivity index is 1.68. The van der Waals surface area contributed by atoms with Gasteiger partial charge in [0.25, 0.3) is 5.91 Å². The van der Waals surface area contributed by atoms with Crippen molar-refractivity contribution in [1.29, 1.82) is 0 Å². The third-order valence-electron chi connectivity index (χ3n) is 5.24. The molecule has 3 rings (SSSR count). The normalized spacial score (nSPS) is 15.7. The summed E-state index contributed by atoms with van der Waals surface area (Å²) < 4.78 is 5.63. The molecule has 1 N–H and O–H groups in total. The second-order valence-electron chi connectivity index (χ2n) is 6.92. The second kappa shape index (κ2) is 8.20. The lowest BCUT2D eigenvalue weighted by Gasteiger charge is -2.41. The molecule has 0 aliphatic heterocycles. The van der Waals surface area contributed by atoms with Gasteiger partial charge >= 0.3 is 5.97 Å². The van der Waals surface area contributed by atoms with Crippen LogP contribution in [0.4, 0.5) is 0 Å². The first-order valence-electron chi connectivity index (χ1n) is 9.17. The summed E-state index contributed by atoms with van der Waals surface area (Å²) in [4.78, 5) is 30.3. The number of aromatic nitrogens is 1. The molecule has 0 unspecified atom stereocenters. The maximum Gasteiger partial charge on any atom is 0.329 e. The lowest BCUT2D eigenvalue weighted by atomic mass is 9.80. The van der Waals surface area contributed by atoms with Crippen LogP contribution in [0.3, 0.4) is 0 Å². The number of carboxylic acids is 1. The zero-order valence-corrected chi connectivity index (χ0v) is 15.4. The van der Waals surface area contributed by atoms with E-state index in [1.165, 1.54) is 11.1 Å². The monoisotopic (exact) mass is 368 g/mol. The Hall–Kier alpha value is -2.89. The summed E-state index contributed by atoms with van der Waals surface area (Å²) in [5.41, 5.74) is 0.258. The Morgan fingerprint density at radius 2 is 1.81 bits per heavy atom. The van der Waals surface area contributed by atoms with Crippen molar-refractivity contribution in [2.45, 2.75) is 44.2 Å². The van der Waals surface area contributed by atoms with Crippen LogP contribution in [0.1, 0.15) is 48.0 Å². The lowest BCUT2D eigenvalue weighted by molar-refractivity contribution is -0.151. The molecule has 1 fully saturated rings. The average Bonchev–Trinajstić information content (AvgIpc) is 2.72. The second-order valence-corrected chi connectivity index (χ2v) is 6.92. The Bertz CT molecular complexity index is 784.